The summed E-state index contributed by atoms with van der Waals surface area (Å²) in [6, 6.07) is 7.96. The van der Waals surface area contributed by atoms with Crippen molar-refractivity contribution in [1.82, 2.24) is 0 Å². The highest BCUT2D eigenvalue weighted by Gasteiger charge is 1.99. The van der Waals surface area contributed by atoms with Crippen molar-refractivity contribution in [3.63, 3.8) is 0 Å². The number of rotatable bonds is 4. The van der Waals surface area contributed by atoms with Gasteiger partial charge in [-0.1, -0.05) is 18.2 Å². The highest BCUT2D eigenvalue weighted by atomic mass is 32.2. The van der Waals surface area contributed by atoms with Crippen LogP contribution in [0.4, 0.5) is 0 Å². The molecule has 2 heteroatoms. The van der Waals surface area contributed by atoms with Crippen LogP contribution in [0.25, 0.3) is 0 Å². The van der Waals surface area contributed by atoms with Gasteiger partial charge in [0.2, 0.25) is 0 Å². The summed E-state index contributed by atoms with van der Waals surface area (Å²) in [6.45, 7) is 5.43. The van der Waals surface area contributed by atoms with Crippen LogP contribution in [0.15, 0.2) is 41.8 Å². The van der Waals surface area contributed by atoms with Crippen molar-refractivity contribution in [2.45, 2.75) is 17.9 Å². The van der Waals surface area contributed by atoms with Gasteiger partial charge in [0.15, 0.2) is 0 Å². The minimum absolute atomic E-state index is 0.376. The second-order valence-electron chi connectivity index (χ2n) is 2.84. The number of hydrogen-bond acceptors (Lipinski definition) is 2. The first-order valence-electron chi connectivity index (χ1n) is 4.25. The van der Waals surface area contributed by atoms with Gasteiger partial charge in [0.05, 0.1) is 6.10 Å². The van der Waals surface area contributed by atoms with Crippen LogP contribution in [-0.2, 0) is 0 Å². The maximum atomic E-state index is 9.27. The molecule has 0 aliphatic rings. The van der Waals surface area contributed by atoms with Gasteiger partial charge >= 0.3 is 0 Å². The van der Waals surface area contributed by atoms with Gasteiger partial charge in [0.1, 0.15) is 0 Å². The molecule has 70 valence electrons. The van der Waals surface area contributed by atoms with Crippen molar-refractivity contribution in [2.24, 2.45) is 0 Å². The smallest absolute Gasteiger partial charge is 0.0761 e. The minimum atomic E-state index is -0.376. The second-order valence-corrected chi connectivity index (χ2v) is 3.94. The first-order valence-corrected chi connectivity index (χ1v) is 5.24. The van der Waals surface area contributed by atoms with E-state index in [9.17, 15) is 5.11 Å². The summed E-state index contributed by atoms with van der Waals surface area (Å²) in [4.78, 5) is 1.21. The molecule has 0 radical (unpaired) electrons. The molecule has 0 fully saturated rings. The van der Waals surface area contributed by atoms with Crippen molar-refractivity contribution in [1.29, 1.82) is 0 Å². The molecule has 0 bridgehead atoms. The van der Waals surface area contributed by atoms with Crippen LogP contribution in [0.2, 0.25) is 0 Å². The lowest BCUT2D eigenvalue weighted by Crippen LogP contribution is -1.89. The summed E-state index contributed by atoms with van der Waals surface area (Å²) in [7, 11) is 0. The maximum absolute atomic E-state index is 9.27. The predicted molar refractivity (Wildman–Crippen MR) is 58.0 cm³/mol. The van der Waals surface area contributed by atoms with Gasteiger partial charge < -0.3 is 5.11 Å². The molecule has 0 aliphatic heterocycles. The van der Waals surface area contributed by atoms with Gasteiger partial charge in [-0.15, -0.1) is 18.3 Å². The van der Waals surface area contributed by atoms with Gasteiger partial charge in [-0.25, -0.2) is 0 Å². The van der Waals surface area contributed by atoms with Gasteiger partial charge in [-0.2, -0.15) is 0 Å². The lowest BCUT2D eigenvalue weighted by atomic mass is 10.1. The Hall–Kier alpha value is -0.730. The van der Waals surface area contributed by atoms with E-state index in [0.717, 1.165) is 11.3 Å². The number of aliphatic hydroxyl groups excluding tert-OH is 1. The first kappa shape index (κ1) is 10.4. The SMILES string of the molecule is C=CCSc1ccc(C(C)O)cc1. The zero-order valence-electron chi connectivity index (χ0n) is 7.73. The molecule has 1 unspecified atom stereocenters. The first-order chi connectivity index (χ1) is 6.24. The van der Waals surface area contributed by atoms with E-state index in [1.54, 1.807) is 18.7 Å². The molecule has 0 saturated carbocycles. The van der Waals surface area contributed by atoms with Crippen molar-refractivity contribution >= 4 is 11.8 Å². The monoisotopic (exact) mass is 194 g/mol. The highest BCUT2D eigenvalue weighted by molar-refractivity contribution is 7.99. The zero-order chi connectivity index (χ0) is 9.68. The third kappa shape index (κ3) is 3.25. The summed E-state index contributed by atoms with van der Waals surface area (Å²) in [6.07, 6.45) is 1.51. The van der Waals surface area contributed by atoms with E-state index < -0.39 is 0 Å². The summed E-state index contributed by atoms with van der Waals surface area (Å²) >= 11 is 1.74. The van der Waals surface area contributed by atoms with Crippen LogP contribution in [0.5, 0.6) is 0 Å². The molecule has 0 amide bonds. The molecule has 1 aromatic carbocycles. The maximum Gasteiger partial charge on any atom is 0.0761 e. The fourth-order valence-electron chi connectivity index (χ4n) is 0.998. The van der Waals surface area contributed by atoms with Gasteiger partial charge in [0.25, 0.3) is 0 Å². The quantitative estimate of drug-likeness (QED) is 0.587. The Morgan fingerprint density at radius 2 is 2.08 bits per heavy atom. The average Bonchev–Trinajstić information content (AvgIpc) is 2.15. The Labute approximate surface area is 83.5 Å². The molecule has 0 saturated heterocycles. The Balaban J connectivity index is 2.64. The molecule has 1 nitrogen and oxygen atoms in total. The molecule has 0 spiro atoms. The minimum Gasteiger partial charge on any atom is -0.389 e. The molecule has 0 aliphatic carbocycles. The molecule has 1 N–H and O–H groups in total. The Morgan fingerprint density at radius 3 is 2.54 bits per heavy atom. The van der Waals surface area contributed by atoms with Gasteiger partial charge in [-0.05, 0) is 24.6 Å². The third-order valence-corrected chi connectivity index (χ3v) is 2.74. The lowest BCUT2D eigenvalue weighted by Gasteiger charge is -2.04. The molecule has 0 aromatic heterocycles. The number of thioether (sulfide) groups is 1. The standard InChI is InChI=1S/C11H14OS/c1-3-8-13-11-6-4-10(5-7-11)9(2)12/h3-7,9,12H,1,8H2,2H3. The highest BCUT2D eigenvalue weighted by Crippen LogP contribution is 2.20. The number of aliphatic hydroxyl groups is 1. The predicted octanol–water partition coefficient (Wildman–Crippen LogP) is 3.02. The van der Waals surface area contributed by atoms with Crippen molar-refractivity contribution < 1.29 is 5.11 Å². The molecule has 0 heterocycles. The Morgan fingerprint density at radius 1 is 1.46 bits per heavy atom. The van der Waals surface area contributed by atoms with E-state index >= 15 is 0 Å². The summed E-state index contributed by atoms with van der Waals surface area (Å²) in [5.41, 5.74) is 0.961. The molecule has 13 heavy (non-hydrogen) atoms. The average molecular weight is 194 g/mol. The van der Waals surface area contributed by atoms with Gasteiger partial charge in [-0.3, -0.25) is 0 Å². The number of benzene rings is 1. The van der Waals surface area contributed by atoms with Crippen LogP contribution in [-0.4, -0.2) is 10.9 Å². The van der Waals surface area contributed by atoms with E-state index in [-0.39, 0.29) is 6.10 Å². The van der Waals surface area contributed by atoms with Crippen molar-refractivity contribution in [3.05, 3.63) is 42.5 Å². The van der Waals surface area contributed by atoms with E-state index in [1.807, 2.05) is 30.3 Å². The topological polar surface area (TPSA) is 20.2 Å². The molecule has 1 rings (SSSR count). The summed E-state index contributed by atoms with van der Waals surface area (Å²) < 4.78 is 0. The van der Waals surface area contributed by atoms with Gasteiger partial charge in [0, 0.05) is 10.6 Å². The molecule has 1 aromatic rings. The van der Waals surface area contributed by atoms with Crippen LogP contribution in [0.1, 0.15) is 18.6 Å². The molecular formula is C11H14OS. The fourth-order valence-corrected chi connectivity index (χ4v) is 1.64. The second kappa shape index (κ2) is 5.10. The van der Waals surface area contributed by atoms with Crippen LogP contribution in [0, 0.1) is 0 Å². The fraction of sp³-hybridized carbons (Fsp3) is 0.273. The van der Waals surface area contributed by atoms with Crippen LogP contribution in [0.3, 0.4) is 0 Å². The normalized spacial score (nSPS) is 12.5. The van der Waals surface area contributed by atoms with Crippen molar-refractivity contribution in [3.8, 4) is 0 Å². The van der Waals surface area contributed by atoms with Crippen LogP contribution >= 0.6 is 11.8 Å². The van der Waals surface area contributed by atoms with Crippen molar-refractivity contribution in [2.75, 3.05) is 5.75 Å². The van der Waals surface area contributed by atoms with E-state index in [0.29, 0.717) is 0 Å². The summed E-state index contributed by atoms with van der Waals surface area (Å²) in [5, 5.41) is 9.27. The Bertz CT molecular complexity index is 264. The molecule has 1 atom stereocenters. The third-order valence-electron chi connectivity index (χ3n) is 1.73. The van der Waals surface area contributed by atoms with E-state index in [1.165, 1.54) is 4.90 Å². The Kier molecular flexibility index (Phi) is 4.06. The largest absolute Gasteiger partial charge is 0.389 e. The number of hydrogen-bond donors (Lipinski definition) is 1. The van der Waals surface area contributed by atoms with E-state index in [4.69, 9.17) is 0 Å². The molecular weight excluding hydrogens is 180 g/mol. The summed E-state index contributed by atoms with van der Waals surface area (Å²) in [5.74, 6) is 0.925. The zero-order valence-corrected chi connectivity index (χ0v) is 8.55. The lowest BCUT2D eigenvalue weighted by molar-refractivity contribution is 0.199. The van der Waals surface area contributed by atoms with E-state index in [2.05, 4.69) is 6.58 Å². The van der Waals surface area contributed by atoms with Crippen LogP contribution < -0.4 is 0 Å².